The number of benzene rings is 1. The van der Waals surface area contributed by atoms with E-state index < -0.39 is 5.60 Å². The van der Waals surface area contributed by atoms with Gasteiger partial charge < -0.3 is 15.3 Å². The van der Waals surface area contributed by atoms with Gasteiger partial charge in [0.05, 0.1) is 12.1 Å². The second-order valence-corrected chi connectivity index (χ2v) is 7.43. The zero-order valence-electron chi connectivity index (χ0n) is 13.5. The third-order valence-corrected chi connectivity index (χ3v) is 5.48. The van der Waals surface area contributed by atoms with Crippen LogP contribution in [0.1, 0.15) is 38.2 Å². The molecule has 2 fully saturated rings. The molecule has 2 heterocycles. The molecule has 1 amide bonds. The normalized spacial score (nSPS) is 31.5. The van der Waals surface area contributed by atoms with Gasteiger partial charge in [-0.25, -0.2) is 0 Å². The third kappa shape index (κ3) is 2.77. The molecule has 22 heavy (non-hydrogen) atoms. The standard InChI is InChI=1S/C18H26N2O2/c1-17(2)12-19-9-8-18(17,22)13-20-11-15(10-16(20)21)14-6-4-3-5-7-14/h3-7,15,19,22H,8-13H2,1-2H3/t15-,18?/m1/s1. The van der Waals surface area contributed by atoms with Crippen molar-refractivity contribution in [2.24, 2.45) is 5.41 Å². The minimum absolute atomic E-state index is 0.164. The zero-order chi connectivity index (χ0) is 15.8. The largest absolute Gasteiger partial charge is 0.387 e. The van der Waals surface area contributed by atoms with Crippen molar-refractivity contribution in [1.82, 2.24) is 10.2 Å². The van der Waals surface area contributed by atoms with E-state index in [9.17, 15) is 9.90 Å². The van der Waals surface area contributed by atoms with Gasteiger partial charge in [-0.3, -0.25) is 4.79 Å². The van der Waals surface area contributed by atoms with Crippen LogP contribution in [0.4, 0.5) is 0 Å². The Hall–Kier alpha value is -1.39. The lowest BCUT2D eigenvalue weighted by Crippen LogP contribution is -2.61. The number of carbonyl (C=O) groups is 1. The minimum atomic E-state index is -0.806. The summed E-state index contributed by atoms with van der Waals surface area (Å²) in [6.45, 7) is 6.92. The Kier molecular flexibility index (Phi) is 4.00. The number of aliphatic hydroxyl groups is 1. The average molecular weight is 302 g/mol. The molecule has 1 aromatic carbocycles. The number of hydrogen-bond acceptors (Lipinski definition) is 3. The van der Waals surface area contributed by atoms with Crippen molar-refractivity contribution in [3.8, 4) is 0 Å². The van der Waals surface area contributed by atoms with Crippen LogP contribution >= 0.6 is 0 Å². The molecule has 1 unspecified atom stereocenters. The van der Waals surface area contributed by atoms with E-state index in [0.717, 1.165) is 13.1 Å². The van der Waals surface area contributed by atoms with Crippen LogP contribution in [-0.4, -0.2) is 47.7 Å². The number of nitrogens with one attached hydrogen (secondary N) is 1. The molecular weight excluding hydrogens is 276 g/mol. The van der Waals surface area contributed by atoms with Crippen LogP contribution in [0.15, 0.2) is 30.3 Å². The Balaban J connectivity index is 1.72. The van der Waals surface area contributed by atoms with Gasteiger partial charge in [0.2, 0.25) is 5.91 Å². The summed E-state index contributed by atoms with van der Waals surface area (Å²) in [4.78, 5) is 14.2. The van der Waals surface area contributed by atoms with Crippen LogP contribution in [-0.2, 0) is 4.79 Å². The molecule has 0 aromatic heterocycles. The number of hydrogen-bond donors (Lipinski definition) is 2. The lowest BCUT2D eigenvalue weighted by atomic mass is 9.70. The van der Waals surface area contributed by atoms with Crippen molar-refractivity contribution in [1.29, 1.82) is 0 Å². The van der Waals surface area contributed by atoms with Gasteiger partial charge in [0, 0.05) is 30.8 Å². The minimum Gasteiger partial charge on any atom is -0.387 e. The number of rotatable bonds is 3. The van der Waals surface area contributed by atoms with Crippen molar-refractivity contribution >= 4 is 5.91 Å². The molecule has 0 aliphatic carbocycles. The second kappa shape index (κ2) is 5.67. The topological polar surface area (TPSA) is 52.6 Å². The highest BCUT2D eigenvalue weighted by molar-refractivity contribution is 5.79. The van der Waals surface area contributed by atoms with E-state index in [1.165, 1.54) is 5.56 Å². The van der Waals surface area contributed by atoms with Crippen LogP contribution in [0.5, 0.6) is 0 Å². The van der Waals surface area contributed by atoms with Crippen LogP contribution < -0.4 is 5.32 Å². The summed E-state index contributed by atoms with van der Waals surface area (Å²) < 4.78 is 0. The summed E-state index contributed by atoms with van der Waals surface area (Å²) >= 11 is 0. The number of piperidine rings is 1. The number of nitrogens with zero attached hydrogens (tertiary/aromatic N) is 1. The van der Waals surface area contributed by atoms with Crippen molar-refractivity contribution in [2.45, 2.75) is 38.2 Å². The number of likely N-dealkylation sites (tertiary alicyclic amines) is 1. The van der Waals surface area contributed by atoms with Gasteiger partial charge in [0.25, 0.3) is 0 Å². The van der Waals surface area contributed by atoms with Crippen LogP contribution in [0.3, 0.4) is 0 Å². The van der Waals surface area contributed by atoms with Crippen LogP contribution in [0, 0.1) is 5.41 Å². The smallest absolute Gasteiger partial charge is 0.223 e. The number of amides is 1. The van der Waals surface area contributed by atoms with E-state index in [2.05, 4.69) is 31.3 Å². The Morgan fingerprint density at radius 1 is 1.32 bits per heavy atom. The molecule has 0 saturated carbocycles. The van der Waals surface area contributed by atoms with E-state index in [4.69, 9.17) is 0 Å². The highest BCUT2D eigenvalue weighted by Gasteiger charge is 2.48. The fraction of sp³-hybridized carbons (Fsp3) is 0.611. The Morgan fingerprint density at radius 2 is 2.05 bits per heavy atom. The fourth-order valence-electron chi connectivity index (χ4n) is 3.68. The predicted octanol–water partition coefficient (Wildman–Crippen LogP) is 1.75. The first-order chi connectivity index (χ1) is 10.4. The maximum Gasteiger partial charge on any atom is 0.223 e. The number of β-amino-alcohol motifs (C(OH)–C–C–N with tert-alkyl or cyclic N) is 1. The first kappa shape index (κ1) is 15.5. The molecule has 2 N–H and O–H groups in total. The van der Waals surface area contributed by atoms with Gasteiger partial charge in [-0.2, -0.15) is 0 Å². The summed E-state index contributed by atoms with van der Waals surface area (Å²) in [5.74, 6) is 0.415. The highest BCUT2D eigenvalue weighted by atomic mass is 16.3. The van der Waals surface area contributed by atoms with E-state index >= 15 is 0 Å². The molecule has 2 aliphatic rings. The van der Waals surface area contributed by atoms with Crippen molar-refractivity contribution in [2.75, 3.05) is 26.2 Å². The van der Waals surface area contributed by atoms with E-state index in [1.54, 1.807) is 0 Å². The second-order valence-electron chi connectivity index (χ2n) is 7.43. The van der Waals surface area contributed by atoms with Gasteiger partial charge in [0.1, 0.15) is 0 Å². The van der Waals surface area contributed by atoms with Crippen molar-refractivity contribution in [3.05, 3.63) is 35.9 Å². The third-order valence-electron chi connectivity index (χ3n) is 5.48. The molecule has 0 radical (unpaired) electrons. The van der Waals surface area contributed by atoms with Crippen LogP contribution in [0.25, 0.3) is 0 Å². The lowest BCUT2D eigenvalue weighted by Gasteiger charge is -2.48. The summed E-state index contributed by atoms with van der Waals surface area (Å²) in [7, 11) is 0. The van der Waals surface area contributed by atoms with E-state index in [0.29, 0.717) is 25.9 Å². The first-order valence-corrected chi connectivity index (χ1v) is 8.17. The quantitative estimate of drug-likeness (QED) is 0.894. The monoisotopic (exact) mass is 302 g/mol. The van der Waals surface area contributed by atoms with Gasteiger partial charge in [-0.1, -0.05) is 44.2 Å². The lowest BCUT2D eigenvalue weighted by molar-refractivity contribution is -0.139. The summed E-state index contributed by atoms with van der Waals surface area (Å²) in [5, 5.41) is 14.4. The molecule has 0 bridgehead atoms. The Labute approximate surface area is 132 Å². The summed E-state index contributed by atoms with van der Waals surface area (Å²) in [5.41, 5.74) is 0.186. The zero-order valence-corrected chi connectivity index (χ0v) is 13.5. The van der Waals surface area contributed by atoms with Crippen LogP contribution in [0.2, 0.25) is 0 Å². The molecule has 0 spiro atoms. The molecular formula is C18H26N2O2. The highest BCUT2D eigenvalue weighted by Crippen LogP contribution is 2.38. The van der Waals surface area contributed by atoms with Crippen molar-refractivity contribution in [3.63, 3.8) is 0 Å². The summed E-state index contributed by atoms with van der Waals surface area (Å²) in [6, 6.07) is 10.2. The van der Waals surface area contributed by atoms with Gasteiger partial charge in [-0.05, 0) is 18.5 Å². The molecule has 2 aliphatic heterocycles. The molecule has 4 heteroatoms. The van der Waals surface area contributed by atoms with Crippen molar-refractivity contribution < 1.29 is 9.90 Å². The van der Waals surface area contributed by atoms with E-state index in [1.807, 2.05) is 23.1 Å². The molecule has 3 rings (SSSR count). The Bertz CT molecular complexity index is 543. The molecule has 4 nitrogen and oxygen atoms in total. The Morgan fingerprint density at radius 3 is 2.73 bits per heavy atom. The number of carbonyl (C=O) groups excluding carboxylic acids is 1. The van der Waals surface area contributed by atoms with Gasteiger partial charge in [0.15, 0.2) is 0 Å². The van der Waals surface area contributed by atoms with Gasteiger partial charge in [-0.15, -0.1) is 0 Å². The maximum absolute atomic E-state index is 12.4. The predicted molar refractivity (Wildman–Crippen MR) is 86.6 cm³/mol. The summed E-state index contributed by atoms with van der Waals surface area (Å²) in [6.07, 6.45) is 1.25. The van der Waals surface area contributed by atoms with E-state index in [-0.39, 0.29) is 17.2 Å². The first-order valence-electron chi connectivity index (χ1n) is 8.17. The molecule has 2 saturated heterocycles. The average Bonchev–Trinajstić information content (AvgIpc) is 2.84. The SMILES string of the molecule is CC1(C)CNCCC1(O)CN1C[C@H](c2ccccc2)CC1=O. The van der Waals surface area contributed by atoms with Gasteiger partial charge >= 0.3 is 0 Å². The molecule has 1 aromatic rings. The fourth-order valence-corrected chi connectivity index (χ4v) is 3.68. The maximum atomic E-state index is 12.4. The molecule has 2 atom stereocenters. The molecule has 120 valence electrons.